The zero-order valence-corrected chi connectivity index (χ0v) is 61.0. The number of likely N-dealkylation sites (tertiary alicyclic amines) is 1. The number of para-hydroxylation sites is 1. The van der Waals surface area contributed by atoms with Crippen LogP contribution in [0.5, 0.6) is 5.75 Å². The van der Waals surface area contributed by atoms with Gasteiger partial charge in [0.25, 0.3) is 11.9 Å². The molecular weight excluding hydrogens is 1420 g/mol. The Kier molecular flexibility index (Phi) is 35.6. The maximum atomic E-state index is 15.1. The van der Waals surface area contributed by atoms with Crippen molar-refractivity contribution in [2.75, 3.05) is 26.2 Å². The van der Waals surface area contributed by atoms with E-state index < -0.39 is 126 Å². The predicted molar refractivity (Wildman–Crippen MR) is 393 cm³/mol. The van der Waals surface area contributed by atoms with Gasteiger partial charge in [-0.1, -0.05) is 74.5 Å². The SMILES string of the molecule is CC(=O)O.CC(=O)O.CCNC(=O)[C@@H]1CCCN1C(=O)[C@H](CCCN=C(N)N)NC(=O)[C@H](CC(C)C)NC(=O)[C@@H](Cc1cn(Cc2ccccc2)cn1)NC(=O)[C@H](Cc1ccc(O)cc1)NC(=O)[C@H](CO)NC(=O)[C@H](Cc1c[nH]c2ccccc12)NC(=O)[C@H](Cc1cnc[nH]1)NC(=O)[C@@H]1CCC(=O)N1.NC(=O)NO. The van der Waals surface area contributed by atoms with E-state index in [0.29, 0.717) is 59.3 Å². The van der Waals surface area contributed by atoms with Gasteiger partial charge in [-0.25, -0.2) is 20.2 Å². The number of carboxylic acids is 2. The van der Waals surface area contributed by atoms with E-state index in [4.69, 9.17) is 36.5 Å². The minimum atomic E-state index is -1.79. The number of primary amides is 1. The summed E-state index contributed by atoms with van der Waals surface area (Å²) in [7, 11) is 0. The molecule has 0 radical (unpaired) electrons. The van der Waals surface area contributed by atoms with Crippen LogP contribution in [-0.2, 0) is 89.8 Å². The number of aromatic amines is 2. The lowest BCUT2D eigenvalue weighted by Crippen LogP contribution is -2.61. The molecule has 2 aliphatic rings. The number of fused-ring (bicyclic) bond motifs is 1. The number of aliphatic hydroxyl groups is 1. The minimum absolute atomic E-state index is 0.0495. The topological polar surface area (TPSA) is 599 Å². The van der Waals surface area contributed by atoms with Crippen LogP contribution in [0.3, 0.4) is 0 Å². The van der Waals surface area contributed by atoms with Gasteiger partial charge < -0.3 is 105 Å². The molecule has 0 bridgehead atoms. The number of phenols is 1. The number of hydrogen-bond acceptors (Lipinski definition) is 19. The van der Waals surface area contributed by atoms with Gasteiger partial charge in [0.15, 0.2) is 5.96 Å². The fraction of sp³-hybridized carbons (Fsp3) is 0.437. The van der Waals surface area contributed by atoms with Crippen LogP contribution in [0.1, 0.15) is 108 Å². The highest BCUT2D eigenvalue weighted by Gasteiger charge is 2.40. The second kappa shape index (κ2) is 44.5. The lowest BCUT2D eigenvalue weighted by Gasteiger charge is -2.30. The number of aromatic hydroxyl groups is 1. The molecule has 0 saturated carbocycles. The minimum Gasteiger partial charge on any atom is -0.508 e. The monoisotopic (exact) mass is 1520 g/mol. The Bertz CT molecular complexity index is 4030. The molecule has 2 fully saturated rings. The molecule has 23 N–H and O–H groups in total. The molecule has 3 aromatic carbocycles. The average Bonchev–Trinajstić information content (AvgIpc) is 1.75. The van der Waals surface area contributed by atoms with Crippen molar-refractivity contribution in [3.8, 4) is 5.75 Å². The van der Waals surface area contributed by atoms with Gasteiger partial charge in [0.2, 0.25) is 59.1 Å². The Morgan fingerprint density at radius 2 is 1.23 bits per heavy atom. The number of carboxylic acid groups (broad SMARTS) is 2. The second-order valence-electron chi connectivity index (χ2n) is 25.9. The predicted octanol–water partition coefficient (Wildman–Crippen LogP) is -1.77. The molecule has 8 rings (SSSR count). The van der Waals surface area contributed by atoms with Crippen molar-refractivity contribution >= 4 is 93.9 Å². The maximum Gasteiger partial charge on any atom is 0.335 e. The fourth-order valence-corrected chi connectivity index (χ4v) is 11.6. The molecule has 9 atom stereocenters. The Morgan fingerprint density at radius 1 is 0.670 bits per heavy atom. The molecule has 109 heavy (non-hydrogen) atoms. The first-order valence-corrected chi connectivity index (χ1v) is 35.0. The van der Waals surface area contributed by atoms with Gasteiger partial charge in [-0.05, 0) is 86.3 Å². The number of H-pyrrole nitrogens is 2. The van der Waals surface area contributed by atoms with Gasteiger partial charge in [0, 0.05) is 107 Å². The summed E-state index contributed by atoms with van der Waals surface area (Å²) in [4.78, 5) is 189. The number of aromatic nitrogens is 5. The Hall–Kier alpha value is -12.5. The lowest BCUT2D eigenvalue weighted by atomic mass is 10.0. The largest absolute Gasteiger partial charge is 0.508 e. The van der Waals surface area contributed by atoms with Gasteiger partial charge in [-0.3, -0.25) is 67.7 Å². The number of nitrogens with zero attached hydrogens (tertiary/aromatic N) is 5. The molecular formula is C71H98N20O18. The fourth-order valence-electron chi connectivity index (χ4n) is 11.6. The third kappa shape index (κ3) is 30.1. The summed E-state index contributed by atoms with van der Waals surface area (Å²) < 4.78 is 1.78. The number of aliphatic imine (C=N–C) groups is 1. The van der Waals surface area contributed by atoms with Crippen molar-refractivity contribution in [1.29, 1.82) is 0 Å². The van der Waals surface area contributed by atoms with E-state index in [1.165, 1.54) is 47.2 Å². The number of hydroxylamine groups is 1. The number of benzene rings is 3. The van der Waals surface area contributed by atoms with E-state index in [-0.39, 0.29) is 100 Å². The van der Waals surface area contributed by atoms with E-state index in [0.717, 1.165) is 19.4 Å². The van der Waals surface area contributed by atoms with Crippen molar-refractivity contribution in [2.45, 2.75) is 166 Å². The summed E-state index contributed by atoms with van der Waals surface area (Å²) in [5.74, 6) is -9.39. The quantitative estimate of drug-likeness (QED) is 0.00699. The number of rotatable bonds is 34. The number of hydrogen-bond donors (Lipinski definition) is 20. The second-order valence-corrected chi connectivity index (χ2v) is 25.9. The highest BCUT2D eigenvalue weighted by Crippen LogP contribution is 2.23. The number of imidazole rings is 2. The molecule has 5 heterocycles. The van der Waals surface area contributed by atoms with Crippen LogP contribution in [0, 0.1) is 5.92 Å². The molecule has 2 saturated heterocycles. The van der Waals surface area contributed by atoms with Crippen LogP contribution in [0.25, 0.3) is 10.9 Å². The van der Waals surface area contributed by atoms with E-state index in [1.54, 1.807) is 48.4 Å². The Morgan fingerprint density at radius 3 is 1.80 bits per heavy atom. The molecule has 12 amide bonds. The van der Waals surface area contributed by atoms with Crippen LogP contribution >= 0.6 is 0 Å². The first-order chi connectivity index (χ1) is 51.9. The number of carbonyl (C=O) groups is 13. The number of nitrogens with one attached hydrogen (secondary N) is 12. The Balaban J connectivity index is 0.00000151. The van der Waals surface area contributed by atoms with E-state index in [2.05, 4.69) is 78.5 Å². The summed E-state index contributed by atoms with van der Waals surface area (Å²) in [6.45, 7) is 7.66. The van der Waals surface area contributed by atoms with Crippen LogP contribution in [-0.4, -0.2) is 219 Å². The van der Waals surface area contributed by atoms with Crippen molar-refractivity contribution in [3.05, 3.63) is 138 Å². The number of phenolic OH excluding ortho intramolecular Hbond substituents is 1. The number of amides is 12. The number of nitrogens with two attached hydrogens (primary N) is 3. The van der Waals surface area contributed by atoms with E-state index in [1.807, 2.05) is 50.2 Å². The highest BCUT2D eigenvalue weighted by molar-refractivity contribution is 5.99. The zero-order valence-electron chi connectivity index (χ0n) is 61.0. The summed E-state index contributed by atoms with van der Waals surface area (Å²) in [6, 6.07) is 9.54. The normalized spacial score (nSPS) is 15.3. The number of urea groups is 1. The summed E-state index contributed by atoms with van der Waals surface area (Å²) in [5, 5.41) is 68.6. The van der Waals surface area contributed by atoms with Gasteiger partial charge >= 0.3 is 6.03 Å². The molecule has 0 spiro atoms. The van der Waals surface area contributed by atoms with Crippen LogP contribution in [0.15, 0.2) is 115 Å². The summed E-state index contributed by atoms with van der Waals surface area (Å²) in [6.07, 6.45) is 8.49. The first kappa shape index (κ1) is 87.2. The van der Waals surface area contributed by atoms with Crippen molar-refractivity contribution in [3.63, 3.8) is 0 Å². The molecule has 0 unspecified atom stereocenters. The molecule has 2 aliphatic heterocycles. The van der Waals surface area contributed by atoms with Crippen LogP contribution in [0.2, 0.25) is 0 Å². The molecule has 3 aromatic heterocycles. The average molecular weight is 1520 g/mol. The van der Waals surface area contributed by atoms with Gasteiger partial charge in [-0.15, -0.1) is 0 Å². The molecule has 0 aliphatic carbocycles. The molecule has 590 valence electrons. The smallest absolute Gasteiger partial charge is 0.335 e. The third-order valence-corrected chi connectivity index (χ3v) is 16.6. The van der Waals surface area contributed by atoms with Crippen LogP contribution < -0.4 is 70.5 Å². The number of carbonyl (C=O) groups excluding carboxylic acids is 11. The van der Waals surface area contributed by atoms with Crippen molar-refractivity contribution in [1.82, 2.24) is 82.7 Å². The molecule has 38 heteroatoms. The van der Waals surface area contributed by atoms with E-state index in [9.17, 15) is 53.4 Å². The number of guanidine groups is 1. The number of likely N-dealkylation sites (N-methyl/N-ethyl adjacent to an activating group) is 1. The van der Waals surface area contributed by atoms with E-state index >= 15 is 9.59 Å². The summed E-state index contributed by atoms with van der Waals surface area (Å²) in [5.41, 5.74) is 20.1. The Labute approximate surface area is 626 Å². The van der Waals surface area contributed by atoms with Crippen LogP contribution in [0.4, 0.5) is 4.79 Å². The highest BCUT2D eigenvalue weighted by atomic mass is 16.5. The van der Waals surface area contributed by atoms with Gasteiger partial charge in [0.05, 0.1) is 25.0 Å². The number of aliphatic carboxylic acids is 2. The standard InChI is InChI=1S/C66H86N18O12.2C2H4O2.CH4N2O2/c1-4-70-64(95)55-17-11-25-84(55)65(96)48(16-10-24-71-66(67)68)76-58(89)49(26-38(2)3)77-62(93)53(30-43-34-83(37-74-43)33-40-12-6-5-7-13-40)81-59(90)50(27-39-18-20-44(86)21-19-39)78-63(94)54(35-85)82-60(91)51(28-41-31-72-46-15-9-8-14-45(41)46)79-61(92)52(29-42-32-69-36-73-42)80-57(88)47-22-23-56(87)75-47;2*1-2(3)4;2-1(4)3-5/h5-9,12-15,18-21,31-32,34,36-38,47-55,72,85-86H,4,10-11,16-17,22-30,33,35H2,1-3H3,(H,69,73)(H,70,95)(H,75,87)(H,76,89)(H,77,93)(H,78,94)(H,79,92)(H,80,88)(H,81,90)(H,82,91)(H4,67,68,71);2*1H3,(H,3,4);5H,(H3,2,3,4)/t47-,48-,49-,50-,51-,52-,53+,54-,55-;;;/m0.../s1. The van der Waals surface area contributed by atoms with Gasteiger partial charge in [-0.2, -0.15) is 0 Å². The summed E-state index contributed by atoms with van der Waals surface area (Å²) >= 11 is 0. The van der Waals surface area contributed by atoms with Gasteiger partial charge in [0.1, 0.15) is 60.1 Å². The molecule has 38 nitrogen and oxygen atoms in total. The first-order valence-electron chi connectivity index (χ1n) is 35.0. The molecule has 6 aromatic rings. The zero-order chi connectivity index (χ0) is 80.3. The van der Waals surface area contributed by atoms with Crippen molar-refractivity contribution in [2.24, 2.45) is 28.1 Å². The number of aliphatic hydroxyl groups excluding tert-OH is 1. The maximum absolute atomic E-state index is 15.1. The lowest BCUT2D eigenvalue weighted by molar-refractivity contribution is -0.142. The van der Waals surface area contributed by atoms with Crippen molar-refractivity contribution < 1.29 is 88.0 Å². The third-order valence-electron chi connectivity index (χ3n) is 16.6.